The molecule has 0 aliphatic carbocycles. The van der Waals surface area contributed by atoms with E-state index in [0.29, 0.717) is 24.6 Å². The third-order valence-corrected chi connectivity index (χ3v) is 2.62. The molecule has 2 rings (SSSR count). The number of nitrogens with zero attached hydrogens (tertiary/aromatic N) is 3. The highest BCUT2D eigenvalue weighted by molar-refractivity contribution is 5.87. The third kappa shape index (κ3) is 5.93. The standard InChI is InChI=1S/C9H14N2O2.C6H8N2O2/c1-4-13-9(12)8-5-6-11(10-8)7(2)3;1-2-10-6(9)5-3-4-7-8-5/h5-7H,4H2,1-3H3;3-4H,2H2,1H3,(H,7,8). The topological polar surface area (TPSA) is 99.1 Å². The molecule has 0 aliphatic heterocycles. The average molecular weight is 322 g/mol. The van der Waals surface area contributed by atoms with Gasteiger partial charge in [0.1, 0.15) is 5.69 Å². The van der Waals surface area contributed by atoms with Gasteiger partial charge in [0.25, 0.3) is 0 Å². The smallest absolute Gasteiger partial charge is 0.358 e. The Hall–Kier alpha value is -2.64. The normalized spacial score (nSPS) is 9.96. The van der Waals surface area contributed by atoms with Crippen LogP contribution in [0.5, 0.6) is 0 Å². The predicted octanol–water partition coefficient (Wildman–Crippen LogP) is 2.23. The Labute approximate surface area is 134 Å². The molecule has 0 fully saturated rings. The number of H-pyrrole nitrogens is 1. The van der Waals surface area contributed by atoms with E-state index in [1.54, 1.807) is 36.9 Å². The van der Waals surface area contributed by atoms with Gasteiger partial charge in [0.2, 0.25) is 0 Å². The van der Waals surface area contributed by atoms with Gasteiger partial charge in [-0.1, -0.05) is 0 Å². The van der Waals surface area contributed by atoms with E-state index in [4.69, 9.17) is 4.74 Å². The molecule has 2 aromatic rings. The van der Waals surface area contributed by atoms with E-state index in [0.717, 1.165) is 0 Å². The SMILES string of the molecule is CCOC(=O)c1ccn(C(C)C)n1.CCOC(=O)c1ccn[nH]1. The van der Waals surface area contributed by atoms with Crippen LogP contribution in [0, 0.1) is 0 Å². The van der Waals surface area contributed by atoms with Gasteiger partial charge in [-0.2, -0.15) is 10.2 Å². The van der Waals surface area contributed by atoms with Gasteiger partial charge in [-0.15, -0.1) is 0 Å². The molecule has 8 heteroatoms. The van der Waals surface area contributed by atoms with Crippen LogP contribution >= 0.6 is 0 Å². The molecule has 2 aromatic heterocycles. The van der Waals surface area contributed by atoms with Crippen LogP contribution in [-0.4, -0.2) is 45.1 Å². The molecule has 0 aliphatic rings. The van der Waals surface area contributed by atoms with E-state index in [2.05, 4.69) is 20.0 Å². The Morgan fingerprint density at radius 1 is 1.17 bits per heavy atom. The number of hydrogen-bond donors (Lipinski definition) is 1. The number of esters is 2. The van der Waals surface area contributed by atoms with Crippen molar-refractivity contribution in [2.24, 2.45) is 0 Å². The lowest BCUT2D eigenvalue weighted by molar-refractivity contribution is 0.0509. The average Bonchev–Trinajstić information content (AvgIpc) is 3.20. The molecule has 23 heavy (non-hydrogen) atoms. The summed E-state index contributed by atoms with van der Waals surface area (Å²) in [5, 5.41) is 10.2. The monoisotopic (exact) mass is 322 g/mol. The van der Waals surface area contributed by atoms with Crippen LogP contribution in [0.25, 0.3) is 0 Å². The lowest BCUT2D eigenvalue weighted by atomic mass is 10.4. The minimum atomic E-state index is -0.361. The number of hydrogen-bond acceptors (Lipinski definition) is 6. The summed E-state index contributed by atoms with van der Waals surface area (Å²) < 4.78 is 11.2. The molecule has 126 valence electrons. The van der Waals surface area contributed by atoms with Crippen molar-refractivity contribution in [3.63, 3.8) is 0 Å². The van der Waals surface area contributed by atoms with Crippen LogP contribution in [0.3, 0.4) is 0 Å². The van der Waals surface area contributed by atoms with Crippen molar-refractivity contribution in [1.29, 1.82) is 0 Å². The highest BCUT2D eigenvalue weighted by atomic mass is 16.5. The van der Waals surface area contributed by atoms with E-state index in [9.17, 15) is 9.59 Å². The maximum atomic E-state index is 11.2. The largest absolute Gasteiger partial charge is 0.461 e. The Balaban J connectivity index is 0.000000238. The highest BCUT2D eigenvalue weighted by Gasteiger charge is 2.10. The Morgan fingerprint density at radius 3 is 2.30 bits per heavy atom. The van der Waals surface area contributed by atoms with Crippen LogP contribution in [0.4, 0.5) is 0 Å². The lowest BCUT2D eigenvalue weighted by Gasteiger charge is -2.03. The molecule has 0 saturated carbocycles. The first-order chi connectivity index (χ1) is 11.0. The number of rotatable bonds is 5. The highest BCUT2D eigenvalue weighted by Crippen LogP contribution is 2.05. The molecule has 0 saturated heterocycles. The summed E-state index contributed by atoms with van der Waals surface area (Å²) in [6.07, 6.45) is 3.28. The molecule has 1 N–H and O–H groups in total. The number of aromatic amines is 1. The van der Waals surface area contributed by atoms with Gasteiger partial charge in [0, 0.05) is 18.4 Å². The summed E-state index contributed by atoms with van der Waals surface area (Å²) in [5.74, 6) is -0.720. The molecule has 8 nitrogen and oxygen atoms in total. The zero-order chi connectivity index (χ0) is 17.2. The zero-order valence-corrected chi connectivity index (χ0v) is 13.8. The third-order valence-electron chi connectivity index (χ3n) is 2.62. The van der Waals surface area contributed by atoms with Crippen LogP contribution < -0.4 is 0 Å². The van der Waals surface area contributed by atoms with Gasteiger partial charge >= 0.3 is 11.9 Å². The quantitative estimate of drug-likeness (QED) is 0.847. The van der Waals surface area contributed by atoms with Crippen molar-refractivity contribution in [1.82, 2.24) is 20.0 Å². The Kier molecular flexibility index (Phi) is 7.52. The van der Waals surface area contributed by atoms with Gasteiger partial charge in [-0.25, -0.2) is 9.59 Å². The van der Waals surface area contributed by atoms with Gasteiger partial charge < -0.3 is 9.47 Å². The Morgan fingerprint density at radius 2 is 1.83 bits per heavy atom. The summed E-state index contributed by atoms with van der Waals surface area (Å²) in [6, 6.07) is 3.50. The molecule has 2 heterocycles. The minimum absolute atomic E-state index is 0.267. The molecule has 0 atom stereocenters. The predicted molar refractivity (Wildman–Crippen MR) is 83.1 cm³/mol. The molecular weight excluding hydrogens is 300 g/mol. The van der Waals surface area contributed by atoms with Crippen molar-refractivity contribution < 1.29 is 19.1 Å². The maximum absolute atomic E-state index is 11.2. The maximum Gasteiger partial charge on any atom is 0.358 e. The molecular formula is C15H22N4O4. The fourth-order valence-corrected chi connectivity index (χ4v) is 1.52. The molecule has 0 radical (unpaired) electrons. The number of aromatic nitrogens is 4. The first-order valence-electron chi connectivity index (χ1n) is 7.38. The molecule has 0 amide bonds. The van der Waals surface area contributed by atoms with Crippen molar-refractivity contribution in [2.45, 2.75) is 33.7 Å². The van der Waals surface area contributed by atoms with E-state index in [-0.39, 0.29) is 18.0 Å². The van der Waals surface area contributed by atoms with Crippen molar-refractivity contribution in [3.05, 3.63) is 35.9 Å². The van der Waals surface area contributed by atoms with Crippen molar-refractivity contribution in [3.8, 4) is 0 Å². The minimum Gasteiger partial charge on any atom is -0.461 e. The number of carbonyl (C=O) groups is 2. The Bertz CT molecular complexity index is 605. The lowest BCUT2D eigenvalue weighted by Crippen LogP contribution is -2.08. The van der Waals surface area contributed by atoms with Gasteiger partial charge in [-0.05, 0) is 39.8 Å². The summed E-state index contributed by atoms with van der Waals surface area (Å²) in [7, 11) is 0. The molecule has 0 spiro atoms. The van der Waals surface area contributed by atoms with Crippen molar-refractivity contribution in [2.75, 3.05) is 13.2 Å². The summed E-state index contributed by atoms with van der Waals surface area (Å²) >= 11 is 0. The van der Waals surface area contributed by atoms with E-state index in [1.807, 2.05) is 13.8 Å². The van der Waals surface area contributed by atoms with E-state index >= 15 is 0 Å². The molecule has 0 aromatic carbocycles. The fourth-order valence-electron chi connectivity index (χ4n) is 1.52. The fraction of sp³-hybridized carbons (Fsp3) is 0.467. The van der Waals surface area contributed by atoms with Gasteiger partial charge in [-0.3, -0.25) is 9.78 Å². The first-order valence-corrected chi connectivity index (χ1v) is 7.38. The summed E-state index contributed by atoms with van der Waals surface area (Å²) in [4.78, 5) is 22.0. The number of ether oxygens (including phenoxy) is 2. The van der Waals surface area contributed by atoms with Crippen LogP contribution in [-0.2, 0) is 9.47 Å². The molecule has 0 unspecified atom stereocenters. The van der Waals surface area contributed by atoms with Crippen LogP contribution in [0.1, 0.15) is 54.7 Å². The van der Waals surface area contributed by atoms with Crippen LogP contribution in [0.2, 0.25) is 0 Å². The zero-order valence-electron chi connectivity index (χ0n) is 13.8. The van der Waals surface area contributed by atoms with Crippen molar-refractivity contribution >= 4 is 11.9 Å². The second-order valence-electron chi connectivity index (χ2n) is 4.69. The van der Waals surface area contributed by atoms with E-state index in [1.165, 1.54) is 6.20 Å². The first kappa shape index (κ1) is 18.4. The number of nitrogens with one attached hydrogen (secondary N) is 1. The molecule has 0 bridgehead atoms. The van der Waals surface area contributed by atoms with E-state index < -0.39 is 0 Å². The van der Waals surface area contributed by atoms with Gasteiger partial charge in [0.05, 0.1) is 13.2 Å². The van der Waals surface area contributed by atoms with Gasteiger partial charge in [0.15, 0.2) is 5.69 Å². The second kappa shape index (κ2) is 9.39. The summed E-state index contributed by atoms with van der Waals surface area (Å²) in [5.41, 5.74) is 0.761. The number of carbonyl (C=O) groups excluding carboxylic acids is 2. The second-order valence-corrected chi connectivity index (χ2v) is 4.69. The summed E-state index contributed by atoms with van der Waals surface area (Å²) in [6.45, 7) is 8.31. The van der Waals surface area contributed by atoms with Crippen LogP contribution in [0.15, 0.2) is 24.5 Å².